The summed E-state index contributed by atoms with van der Waals surface area (Å²) in [5, 5.41) is 7.53. The summed E-state index contributed by atoms with van der Waals surface area (Å²) >= 11 is 2.28. The SMILES string of the molecule is Cc1c(C)c(C)c2onnc2c1I. The molecule has 1 aromatic heterocycles. The van der Waals surface area contributed by atoms with Crippen molar-refractivity contribution in [1.82, 2.24) is 10.4 Å². The Labute approximate surface area is 89.6 Å². The van der Waals surface area contributed by atoms with Crippen LogP contribution in [0.4, 0.5) is 0 Å². The van der Waals surface area contributed by atoms with Gasteiger partial charge in [-0.3, -0.25) is 0 Å². The molecule has 0 saturated carbocycles. The Balaban J connectivity index is 3.02. The fourth-order valence-electron chi connectivity index (χ4n) is 1.37. The van der Waals surface area contributed by atoms with Crippen LogP contribution in [0.15, 0.2) is 4.52 Å². The standard InChI is InChI=1S/C9H9IN2O/c1-4-5(2)7(10)8-9(6(4)3)13-12-11-8/h1-3H3. The number of hydrogen-bond acceptors (Lipinski definition) is 3. The van der Waals surface area contributed by atoms with E-state index in [-0.39, 0.29) is 0 Å². The Hall–Kier alpha value is -0.650. The van der Waals surface area contributed by atoms with Gasteiger partial charge in [-0.25, -0.2) is 0 Å². The van der Waals surface area contributed by atoms with Crippen molar-refractivity contribution in [2.24, 2.45) is 0 Å². The smallest absolute Gasteiger partial charge is 0.191 e. The number of hydrogen-bond donors (Lipinski definition) is 0. The molecule has 0 radical (unpaired) electrons. The molecule has 0 aliphatic rings. The molecule has 0 aliphatic heterocycles. The lowest BCUT2D eigenvalue weighted by molar-refractivity contribution is 0.422. The molecule has 0 spiro atoms. The predicted octanol–water partition coefficient (Wildman–Crippen LogP) is 2.75. The number of fused-ring (bicyclic) bond motifs is 1. The molecule has 0 unspecified atom stereocenters. The van der Waals surface area contributed by atoms with Gasteiger partial charge in [0.25, 0.3) is 0 Å². The van der Waals surface area contributed by atoms with Crippen LogP contribution in [0.25, 0.3) is 11.1 Å². The minimum Gasteiger partial charge on any atom is -0.337 e. The Kier molecular flexibility index (Phi) is 2.02. The van der Waals surface area contributed by atoms with Crippen molar-refractivity contribution in [3.63, 3.8) is 0 Å². The summed E-state index contributed by atoms with van der Waals surface area (Å²) in [4.78, 5) is 0. The Morgan fingerprint density at radius 2 is 1.77 bits per heavy atom. The maximum Gasteiger partial charge on any atom is 0.191 e. The second-order valence-corrected chi connectivity index (χ2v) is 4.22. The third-order valence-corrected chi connectivity index (χ3v) is 3.81. The molecule has 68 valence electrons. The van der Waals surface area contributed by atoms with Crippen molar-refractivity contribution < 1.29 is 4.52 Å². The minimum atomic E-state index is 0.813. The molecule has 13 heavy (non-hydrogen) atoms. The summed E-state index contributed by atoms with van der Waals surface area (Å²) in [6.45, 7) is 6.22. The third-order valence-electron chi connectivity index (χ3n) is 2.49. The van der Waals surface area contributed by atoms with E-state index in [2.05, 4.69) is 46.8 Å². The van der Waals surface area contributed by atoms with Crippen molar-refractivity contribution >= 4 is 33.7 Å². The van der Waals surface area contributed by atoms with Crippen molar-refractivity contribution in [3.05, 3.63) is 20.3 Å². The summed E-state index contributed by atoms with van der Waals surface area (Å²) in [6, 6.07) is 0. The van der Waals surface area contributed by atoms with Crippen LogP contribution in [0.2, 0.25) is 0 Å². The topological polar surface area (TPSA) is 38.9 Å². The van der Waals surface area contributed by atoms with Crippen LogP contribution in [0, 0.1) is 24.3 Å². The minimum absolute atomic E-state index is 0.813. The zero-order valence-electron chi connectivity index (χ0n) is 7.68. The second-order valence-electron chi connectivity index (χ2n) is 3.14. The first-order chi connectivity index (χ1) is 6.13. The normalized spacial score (nSPS) is 11.1. The number of halogens is 1. The molecule has 1 aromatic carbocycles. The summed E-state index contributed by atoms with van der Waals surface area (Å²) in [5.74, 6) is 0. The lowest BCUT2D eigenvalue weighted by Crippen LogP contribution is -1.92. The molecular weight excluding hydrogens is 279 g/mol. The molecule has 1 heterocycles. The van der Waals surface area contributed by atoms with Gasteiger partial charge in [0.05, 0.1) is 0 Å². The van der Waals surface area contributed by atoms with Crippen LogP contribution in [0.3, 0.4) is 0 Å². The average Bonchev–Trinajstić information content (AvgIpc) is 2.59. The fourth-order valence-corrected chi connectivity index (χ4v) is 2.13. The van der Waals surface area contributed by atoms with Gasteiger partial charge >= 0.3 is 0 Å². The fraction of sp³-hybridized carbons (Fsp3) is 0.333. The summed E-state index contributed by atoms with van der Waals surface area (Å²) in [6.07, 6.45) is 0. The van der Waals surface area contributed by atoms with Gasteiger partial charge in [-0.15, -0.1) is 5.10 Å². The van der Waals surface area contributed by atoms with Crippen molar-refractivity contribution in [2.75, 3.05) is 0 Å². The molecule has 0 bridgehead atoms. The van der Waals surface area contributed by atoms with Crippen molar-refractivity contribution in [2.45, 2.75) is 20.8 Å². The average molecular weight is 288 g/mol. The van der Waals surface area contributed by atoms with Crippen molar-refractivity contribution in [1.29, 1.82) is 0 Å². The first-order valence-electron chi connectivity index (χ1n) is 4.00. The molecule has 0 fully saturated rings. The van der Waals surface area contributed by atoms with Gasteiger partial charge in [0.15, 0.2) is 5.58 Å². The largest absolute Gasteiger partial charge is 0.337 e. The zero-order chi connectivity index (χ0) is 9.59. The predicted molar refractivity (Wildman–Crippen MR) is 58.7 cm³/mol. The summed E-state index contributed by atoms with van der Waals surface area (Å²) in [7, 11) is 0. The molecule has 4 heteroatoms. The van der Waals surface area contributed by atoms with Crippen LogP contribution in [0.5, 0.6) is 0 Å². The lowest BCUT2D eigenvalue weighted by atomic mass is 10.0. The second kappa shape index (κ2) is 2.94. The van der Waals surface area contributed by atoms with E-state index in [0.717, 1.165) is 20.2 Å². The van der Waals surface area contributed by atoms with Crippen molar-refractivity contribution in [3.8, 4) is 0 Å². The van der Waals surface area contributed by atoms with Crippen LogP contribution in [-0.4, -0.2) is 10.4 Å². The third kappa shape index (κ3) is 1.15. The van der Waals surface area contributed by atoms with Gasteiger partial charge in [0, 0.05) is 14.4 Å². The summed E-state index contributed by atoms with van der Waals surface area (Å²) < 4.78 is 6.24. The number of aromatic nitrogens is 2. The molecule has 0 N–H and O–H groups in total. The lowest BCUT2D eigenvalue weighted by Gasteiger charge is -2.05. The highest BCUT2D eigenvalue weighted by atomic mass is 127. The Morgan fingerprint density at radius 3 is 2.46 bits per heavy atom. The van der Waals surface area contributed by atoms with E-state index in [1.54, 1.807) is 0 Å². The van der Waals surface area contributed by atoms with E-state index < -0.39 is 0 Å². The molecule has 2 rings (SSSR count). The highest BCUT2D eigenvalue weighted by molar-refractivity contribution is 14.1. The van der Waals surface area contributed by atoms with Crippen LogP contribution in [0.1, 0.15) is 16.7 Å². The molecule has 0 saturated heterocycles. The molecule has 0 atom stereocenters. The number of nitrogens with zero attached hydrogens (tertiary/aromatic N) is 2. The van der Waals surface area contributed by atoms with Gasteiger partial charge < -0.3 is 4.52 Å². The molecular formula is C9H9IN2O. The van der Waals surface area contributed by atoms with Gasteiger partial charge in [-0.2, -0.15) is 0 Å². The summed E-state index contributed by atoms with van der Waals surface area (Å²) in [5.41, 5.74) is 5.35. The number of benzene rings is 1. The van der Waals surface area contributed by atoms with Crippen LogP contribution >= 0.6 is 22.6 Å². The van der Waals surface area contributed by atoms with Gasteiger partial charge in [-0.05, 0) is 54.5 Å². The van der Waals surface area contributed by atoms with E-state index in [4.69, 9.17) is 4.52 Å². The van der Waals surface area contributed by atoms with E-state index in [0.29, 0.717) is 0 Å². The Bertz CT molecular complexity index is 434. The quantitative estimate of drug-likeness (QED) is 0.700. The first kappa shape index (κ1) is 8.93. The molecule has 0 amide bonds. The highest BCUT2D eigenvalue weighted by Crippen LogP contribution is 2.28. The zero-order valence-corrected chi connectivity index (χ0v) is 9.84. The van der Waals surface area contributed by atoms with Gasteiger partial charge in [0.1, 0.15) is 5.52 Å². The first-order valence-corrected chi connectivity index (χ1v) is 5.08. The van der Waals surface area contributed by atoms with E-state index in [9.17, 15) is 0 Å². The number of aryl methyl sites for hydroxylation is 1. The molecule has 0 aliphatic carbocycles. The monoisotopic (exact) mass is 288 g/mol. The maximum atomic E-state index is 5.10. The Morgan fingerprint density at radius 1 is 1.08 bits per heavy atom. The molecule has 2 aromatic rings. The molecule has 3 nitrogen and oxygen atoms in total. The van der Waals surface area contributed by atoms with E-state index in [1.807, 2.05) is 6.92 Å². The van der Waals surface area contributed by atoms with Crippen LogP contribution < -0.4 is 0 Å². The number of rotatable bonds is 0. The maximum absolute atomic E-state index is 5.10. The van der Waals surface area contributed by atoms with E-state index in [1.165, 1.54) is 11.1 Å². The van der Waals surface area contributed by atoms with E-state index >= 15 is 0 Å². The van der Waals surface area contributed by atoms with Crippen LogP contribution in [-0.2, 0) is 0 Å². The highest BCUT2D eigenvalue weighted by Gasteiger charge is 2.14. The van der Waals surface area contributed by atoms with Gasteiger partial charge in [-0.1, -0.05) is 0 Å². The van der Waals surface area contributed by atoms with Gasteiger partial charge in [0.2, 0.25) is 0 Å².